The van der Waals surface area contributed by atoms with Crippen LogP contribution in [0.1, 0.15) is 46.0 Å². The normalized spacial score (nSPS) is 33.5. The fraction of sp³-hybridized carbons (Fsp3) is 0.933. The average Bonchev–Trinajstić information content (AvgIpc) is 2.86. The molecule has 0 amide bonds. The Kier molecular flexibility index (Phi) is 5.04. The SMILES string of the molecule is CCOC(=O)C(O)(CC)[C@@H]1C[C@H](OC)[C@@H]2CCCCN12. The van der Waals surface area contributed by atoms with E-state index >= 15 is 0 Å². The minimum absolute atomic E-state index is 0.104. The average molecular weight is 285 g/mol. The van der Waals surface area contributed by atoms with Crippen LogP contribution in [-0.4, -0.2) is 60.0 Å². The van der Waals surface area contributed by atoms with E-state index in [0.29, 0.717) is 25.5 Å². The topological polar surface area (TPSA) is 59.0 Å². The van der Waals surface area contributed by atoms with Crippen molar-refractivity contribution in [2.45, 2.75) is 69.7 Å². The van der Waals surface area contributed by atoms with Crippen molar-refractivity contribution in [1.82, 2.24) is 4.90 Å². The molecule has 20 heavy (non-hydrogen) atoms. The van der Waals surface area contributed by atoms with E-state index in [0.717, 1.165) is 19.4 Å². The van der Waals surface area contributed by atoms with Crippen molar-refractivity contribution >= 4 is 5.97 Å². The molecule has 2 rings (SSSR count). The summed E-state index contributed by atoms with van der Waals surface area (Å²) in [6.45, 7) is 4.84. The molecule has 2 aliphatic heterocycles. The van der Waals surface area contributed by atoms with Crippen LogP contribution in [0, 0.1) is 0 Å². The van der Waals surface area contributed by atoms with Crippen molar-refractivity contribution in [3.63, 3.8) is 0 Å². The number of ether oxygens (including phenoxy) is 2. The summed E-state index contributed by atoms with van der Waals surface area (Å²) in [6.07, 6.45) is 4.56. The molecule has 0 saturated carbocycles. The van der Waals surface area contributed by atoms with E-state index in [1.807, 2.05) is 6.92 Å². The maximum Gasteiger partial charge on any atom is 0.339 e. The third kappa shape index (κ3) is 2.59. The van der Waals surface area contributed by atoms with Crippen LogP contribution in [-0.2, 0) is 14.3 Å². The third-order valence-corrected chi connectivity index (χ3v) is 4.90. The van der Waals surface area contributed by atoms with E-state index in [1.165, 1.54) is 6.42 Å². The molecule has 1 unspecified atom stereocenters. The first-order valence-electron chi connectivity index (χ1n) is 7.76. The van der Waals surface area contributed by atoms with Gasteiger partial charge in [-0.15, -0.1) is 0 Å². The number of piperidine rings is 1. The van der Waals surface area contributed by atoms with Crippen molar-refractivity contribution in [2.75, 3.05) is 20.3 Å². The predicted octanol–water partition coefficient (Wildman–Crippen LogP) is 1.33. The number of hydrogen-bond donors (Lipinski definition) is 1. The number of rotatable bonds is 5. The Morgan fingerprint density at radius 2 is 2.15 bits per heavy atom. The molecule has 5 nitrogen and oxygen atoms in total. The van der Waals surface area contributed by atoms with Gasteiger partial charge in [-0.1, -0.05) is 13.3 Å². The van der Waals surface area contributed by atoms with E-state index < -0.39 is 11.6 Å². The van der Waals surface area contributed by atoms with Gasteiger partial charge in [0.05, 0.1) is 18.8 Å². The summed E-state index contributed by atoms with van der Waals surface area (Å²) in [4.78, 5) is 14.5. The fourth-order valence-electron chi connectivity index (χ4n) is 3.77. The highest BCUT2D eigenvalue weighted by molar-refractivity contribution is 5.80. The van der Waals surface area contributed by atoms with Crippen LogP contribution >= 0.6 is 0 Å². The van der Waals surface area contributed by atoms with Gasteiger partial charge < -0.3 is 14.6 Å². The van der Waals surface area contributed by atoms with E-state index in [2.05, 4.69) is 4.90 Å². The molecule has 0 spiro atoms. The second-order valence-electron chi connectivity index (χ2n) is 5.82. The molecule has 0 aromatic carbocycles. The molecule has 0 aromatic heterocycles. The first-order chi connectivity index (χ1) is 9.58. The highest BCUT2D eigenvalue weighted by Gasteiger charge is 2.54. The Labute approximate surface area is 121 Å². The van der Waals surface area contributed by atoms with Crippen LogP contribution in [0.2, 0.25) is 0 Å². The van der Waals surface area contributed by atoms with Crippen LogP contribution in [0.15, 0.2) is 0 Å². The summed E-state index contributed by atoms with van der Waals surface area (Å²) in [7, 11) is 1.72. The van der Waals surface area contributed by atoms with Gasteiger partial charge in [0.2, 0.25) is 0 Å². The molecule has 1 N–H and O–H groups in total. The van der Waals surface area contributed by atoms with Crippen LogP contribution in [0.3, 0.4) is 0 Å². The summed E-state index contributed by atoms with van der Waals surface area (Å²) in [6, 6.07) is 0.132. The summed E-state index contributed by atoms with van der Waals surface area (Å²) in [5.41, 5.74) is -1.42. The van der Waals surface area contributed by atoms with E-state index in [4.69, 9.17) is 9.47 Å². The monoisotopic (exact) mass is 285 g/mol. The second kappa shape index (κ2) is 6.41. The van der Waals surface area contributed by atoms with Crippen LogP contribution in [0.5, 0.6) is 0 Å². The maximum absolute atomic E-state index is 12.2. The third-order valence-electron chi connectivity index (χ3n) is 4.90. The summed E-state index contributed by atoms with van der Waals surface area (Å²) in [5.74, 6) is -0.492. The van der Waals surface area contributed by atoms with Gasteiger partial charge >= 0.3 is 5.97 Å². The first-order valence-corrected chi connectivity index (χ1v) is 7.76. The van der Waals surface area contributed by atoms with Crippen LogP contribution in [0.4, 0.5) is 0 Å². The highest BCUT2D eigenvalue weighted by atomic mass is 16.5. The number of carbonyl (C=O) groups excluding carboxylic acids is 1. The van der Waals surface area contributed by atoms with E-state index in [1.54, 1.807) is 14.0 Å². The molecule has 4 atom stereocenters. The zero-order valence-electron chi connectivity index (χ0n) is 12.8. The Bertz CT molecular complexity index is 349. The molecule has 2 saturated heterocycles. The van der Waals surface area contributed by atoms with E-state index in [-0.39, 0.29) is 12.1 Å². The number of hydrogen-bond acceptors (Lipinski definition) is 5. The van der Waals surface area contributed by atoms with Crippen molar-refractivity contribution in [3.8, 4) is 0 Å². The van der Waals surface area contributed by atoms with Crippen LogP contribution < -0.4 is 0 Å². The molecule has 0 aromatic rings. The lowest BCUT2D eigenvalue weighted by molar-refractivity contribution is -0.173. The maximum atomic E-state index is 12.2. The Balaban J connectivity index is 2.22. The number of carbonyl (C=O) groups is 1. The van der Waals surface area contributed by atoms with Crippen LogP contribution in [0.25, 0.3) is 0 Å². The Morgan fingerprint density at radius 1 is 1.40 bits per heavy atom. The minimum Gasteiger partial charge on any atom is -0.464 e. The number of nitrogens with zero attached hydrogens (tertiary/aromatic N) is 1. The van der Waals surface area contributed by atoms with Gasteiger partial charge in [0.1, 0.15) is 0 Å². The summed E-state index contributed by atoms with van der Waals surface area (Å²) < 4.78 is 10.7. The van der Waals surface area contributed by atoms with E-state index in [9.17, 15) is 9.90 Å². The lowest BCUT2D eigenvalue weighted by atomic mass is 9.89. The predicted molar refractivity (Wildman–Crippen MR) is 75.4 cm³/mol. The second-order valence-corrected chi connectivity index (χ2v) is 5.82. The first kappa shape index (κ1) is 15.7. The largest absolute Gasteiger partial charge is 0.464 e. The van der Waals surface area contributed by atoms with Gasteiger partial charge in [-0.25, -0.2) is 4.79 Å². The van der Waals surface area contributed by atoms with Gasteiger partial charge in [0, 0.05) is 13.2 Å². The molecule has 5 heteroatoms. The number of esters is 1. The quantitative estimate of drug-likeness (QED) is 0.772. The zero-order valence-corrected chi connectivity index (χ0v) is 12.8. The van der Waals surface area contributed by atoms with Gasteiger partial charge in [-0.05, 0) is 39.2 Å². The molecule has 0 aliphatic carbocycles. The van der Waals surface area contributed by atoms with Gasteiger partial charge in [0.25, 0.3) is 0 Å². The Morgan fingerprint density at radius 3 is 2.75 bits per heavy atom. The van der Waals surface area contributed by atoms with Gasteiger partial charge in [0.15, 0.2) is 5.60 Å². The van der Waals surface area contributed by atoms with Crippen molar-refractivity contribution < 1.29 is 19.4 Å². The number of fused-ring (bicyclic) bond motifs is 1. The Hall–Kier alpha value is -0.650. The lowest BCUT2D eigenvalue weighted by Gasteiger charge is -2.40. The summed E-state index contributed by atoms with van der Waals surface area (Å²) >= 11 is 0. The fourth-order valence-corrected chi connectivity index (χ4v) is 3.77. The molecule has 0 radical (unpaired) electrons. The standard InChI is InChI=1S/C15H27NO4/c1-4-15(18,14(17)20-5-2)13-10-12(19-3)11-8-6-7-9-16(11)13/h11-13,18H,4-10H2,1-3H3/t11-,12-,13-,15?/m0/s1. The lowest BCUT2D eigenvalue weighted by Crippen LogP contribution is -2.57. The van der Waals surface area contributed by atoms with Crippen molar-refractivity contribution in [1.29, 1.82) is 0 Å². The molecule has 2 aliphatic rings. The molecule has 2 heterocycles. The minimum atomic E-state index is -1.42. The number of methoxy groups -OCH3 is 1. The van der Waals surface area contributed by atoms with Gasteiger partial charge in [-0.3, -0.25) is 4.90 Å². The zero-order chi connectivity index (χ0) is 14.8. The molecular formula is C15H27NO4. The molecular weight excluding hydrogens is 258 g/mol. The van der Waals surface area contributed by atoms with Crippen molar-refractivity contribution in [2.24, 2.45) is 0 Å². The summed E-state index contributed by atoms with van der Waals surface area (Å²) in [5, 5.41) is 10.9. The molecule has 116 valence electrons. The van der Waals surface area contributed by atoms with Gasteiger partial charge in [-0.2, -0.15) is 0 Å². The smallest absolute Gasteiger partial charge is 0.339 e. The molecule has 0 bridgehead atoms. The van der Waals surface area contributed by atoms with Crippen molar-refractivity contribution in [3.05, 3.63) is 0 Å². The number of aliphatic hydroxyl groups is 1. The highest BCUT2D eigenvalue weighted by Crippen LogP contribution is 2.39. The molecule has 2 fully saturated rings.